The Kier molecular flexibility index (Phi) is 7.80. The van der Waals surface area contributed by atoms with E-state index in [1.807, 2.05) is 36.1 Å². The zero-order chi connectivity index (χ0) is 23.1. The average molecular weight is 443 g/mol. The summed E-state index contributed by atoms with van der Waals surface area (Å²) in [6.07, 6.45) is 1.88. The monoisotopic (exact) mass is 442 g/mol. The van der Waals surface area contributed by atoms with Crippen LogP contribution in [-0.2, 0) is 16.0 Å². The van der Waals surface area contributed by atoms with Crippen molar-refractivity contribution in [2.75, 3.05) is 32.2 Å². The van der Waals surface area contributed by atoms with Crippen molar-refractivity contribution in [3.05, 3.63) is 35.4 Å². The number of nitrogens with zero attached hydrogens (tertiary/aromatic N) is 4. The number of benzene rings is 1. The third-order valence-corrected chi connectivity index (χ3v) is 5.33. The molecule has 2 heterocycles. The largest absolute Gasteiger partial charge is 0.467 e. The molecule has 3 rings (SSSR count). The van der Waals surface area contributed by atoms with Gasteiger partial charge in [0.15, 0.2) is 0 Å². The normalized spacial score (nSPS) is 15.1. The highest BCUT2D eigenvalue weighted by molar-refractivity contribution is 5.87. The first-order valence-electron chi connectivity index (χ1n) is 10.6. The molecule has 1 saturated heterocycles. The van der Waals surface area contributed by atoms with E-state index in [0.29, 0.717) is 25.5 Å². The summed E-state index contributed by atoms with van der Waals surface area (Å²) in [6, 6.07) is 7.72. The number of rotatable bonds is 8. The first-order chi connectivity index (χ1) is 15.4. The molecule has 1 aromatic carbocycles. The van der Waals surface area contributed by atoms with Gasteiger partial charge in [-0.25, -0.2) is 0 Å². The Bertz CT molecular complexity index is 906. The van der Waals surface area contributed by atoms with E-state index in [-0.39, 0.29) is 29.9 Å². The predicted molar refractivity (Wildman–Crippen MR) is 119 cm³/mol. The lowest BCUT2D eigenvalue weighted by atomic mass is 10.0. The van der Waals surface area contributed by atoms with E-state index < -0.39 is 6.04 Å². The number of hydrogen-bond donors (Lipinski definition) is 2. The SMILES string of the molecule is COc1nc(OC)nc(N2CCC(NC(=O)C(Cc3ccc(C)cc3)NC(C)=O)CC2)n1. The number of aromatic nitrogens is 3. The summed E-state index contributed by atoms with van der Waals surface area (Å²) >= 11 is 0. The molecule has 0 radical (unpaired) electrons. The van der Waals surface area contributed by atoms with Crippen molar-refractivity contribution in [1.82, 2.24) is 25.6 Å². The molecule has 1 aromatic heterocycles. The highest BCUT2D eigenvalue weighted by Crippen LogP contribution is 2.20. The molecule has 2 aromatic rings. The second kappa shape index (κ2) is 10.7. The van der Waals surface area contributed by atoms with Crippen molar-refractivity contribution < 1.29 is 19.1 Å². The Morgan fingerprint density at radius 3 is 2.19 bits per heavy atom. The summed E-state index contributed by atoms with van der Waals surface area (Å²) in [5, 5.41) is 5.87. The van der Waals surface area contributed by atoms with Crippen LogP contribution in [0.3, 0.4) is 0 Å². The summed E-state index contributed by atoms with van der Waals surface area (Å²) in [5.74, 6) is 0.0708. The smallest absolute Gasteiger partial charge is 0.324 e. The first-order valence-corrected chi connectivity index (χ1v) is 10.6. The van der Waals surface area contributed by atoms with Crippen molar-refractivity contribution in [1.29, 1.82) is 0 Å². The van der Waals surface area contributed by atoms with E-state index in [1.54, 1.807) is 0 Å². The van der Waals surface area contributed by atoms with Gasteiger partial charge in [-0.1, -0.05) is 29.8 Å². The van der Waals surface area contributed by atoms with Gasteiger partial charge in [0, 0.05) is 32.5 Å². The van der Waals surface area contributed by atoms with Crippen LogP contribution in [0.2, 0.25) is 0 Å². The van der Waals surface area contributed by atoms with Crippen LogP contribution in [0.5, 0.6) is 12.0 Å². The predicted octanol–water partition coefficient (Wildman–Crippen LogP) is 1.03. The van der Waals surface area contributed by atoms with Gasteiger partial charge >= 0.3 is 12.0 Å². The molecule has 0 spiro atoms. The number of carbonyl (C=O) groups excluding carboxylic acids is 2. The van der Waals surface area contributed by atoms with Crippen LogP contribution in [0, 0.1) is 6.92 Å². The fraction of sp³-hybridized carbons (Fsp3) is 0.500. The summed E-state index contributed by atoms with van der Waals surface area (Å²) in [6.45, 7) is 4.75. The molecule has 0 aliphatic carbocycles. The van der Waals surface area contributed by atoms with Gasteiger partial charge in [0.2, 0.25) is 17.8 Å². The molecule has 10 heteroatoms. The Balaban J connectivity index is 1.59. The molecule has 32 heavy (non-hydrogen) atoms. The van der Waals surface area contributed by atoms with Crippen LogP contribution < -0.4 is 25.0 Å². The zero-order valence-electron chi connectivity index (χ0n) is 18.9. The molecule has 1 aliphatic heterocycles. The number of anilines is 1. The van der Waals surface area contributed by atoms with Gasteiger partial charge in [0.25, 0.3) is 0 Å². The average Bonchev–Trinajstić information content (AvgIpc) is 2.79. The van der Waals surface area contributed by atoms with Gasteiger partial charge in [-0.3, -0.25) is 9.59 Å². The first kappa shape index (κ1) is 23.2. The number of nitrogens with one attached hydrogen (secondary N) is 2. The molecule has 0 saturated carbocycles. The van der Waals surface area contributed by atoms with Crippen molar-refractivity contribution in [2.24, 2.45) is 0 Å². The number of piperidine rings is 1. The molecule has 10 nitrogen and oxygen atoms in total. The molecular formula is C22H30N6O4. The minimum Gasteiger partial charge on any atom is -0.467 e. The van der Waals surface area contributed by atoms with Gasteiger partial charge < -0.3 is 25.0 Å². The molecule has 1 atom stereocenters. The van der Waals surface area contributed by atoms with Crippen LogP contribution in [0.15, 0.2) is 24.3 Å². The van der Waals surface area contributed by atoms with Crippen molar-refractivity contribution >= 4 is 17.8 Å². The van der Waals surface area contributed by atoms with E-state index in [2.05, 4.69) is 25.6 Å². The van der Waals surface area contributed by atoms with Crippen LogP contribution in [0.25, 0.3) is 0 Å². The number of aryl methyl sites for hydroxylation is 1. The topological polar surface area (TPSA) is 119 Å². The number of carbonyl (C=O) groups is 2. The zero-order valence-corrected chi connectivity index (χ0v) is 18.9. The maximum Gasteiger partial charge on any atom is 0.324 e. The summed E-state index contributed by atoms with van der Waals surface area (Å²) in [4.78, 5) is 39.2. The number of methoxy groups -OCH3 is 2. The van der Waals surface area contributed by atoms with E-state index in [9.17, 15) is 9.59 Å². The van der Waals surface area contributed by atoms with Gasteiger partial charge in [0.05, 0.1) is 14.2 Å². The van der Waals surface area contributed by atoms with E-state index in [1.165, 1.54) is 21.1 Å². The van der Waals surface area contributed by atoms with Crippen LogP contribution >= 0.6 is 0 Å². The highest BCUT2D eigenvalue weighted by atomic mass is 16.5. The van der Waals surface area contributed by atoms with Gasteiger partial charge in [0.1, 0.15) is 6.04 Å². The van der Waals surface area contributed by atoms with Gasteiger partial charge in [-0.2, -0.15) is 9.97 Å². The van der Waals surface area contributed by atoms with Crippen molar-refractivity contribution in [3.8, 4) is 12.0 Å². The molecule has 1 aliphatic rings. The van der Waals surface area contributed by atoms with Crippen LogP contribution in [0.4, 0.5) is 5.95 Å². The number of ether oxygens (including phenoxy) is 2. The van der Waals surface area contributed by atoms with Gasteiger partial charge in [-0.15, -0.1) is 4.98 Å². The molecule has 2 amide bonds. The second-order valence-corrected chi connectivity index (χ2v) is 7.82. The standard InChI is InChI=1S/C22H30N6O4/c1-14-5-7-16(8-6-14)13-18(23-15(2)29)19(30)24-17-9-11-28(12-10-17)20-25-21(31-3)27-22(26-20)32-4/h5-8,17-18H,9-13H2,1-4H3,(H,23,29)(H,24,30). The van der Waals surface area contributed by atoms with E-state index in [4.69, 9.17) is 9.47 Å². The van der Waals surface area contributed by atoms with Crippen LogP contribution in [0.1, 0.15) is 30.9 Å². The fourth-order valence-corrected chi connectivity index (χ4v) is 3.59. The maximum atomic E-state index is 12.9. The molecular weight excluding hydrogens is 412 g/mol. The van der Waals surface area contributed by atoms with Gasteiger partial charge in [-0.05, 0) is 25.3 Å². The van der Waals surface area contributed by atoms with Crippen molar-refractivity contribution in [3.63, 3.8) is 0 Å². The van der Waals surface area contributed by atoms with Crippen LogP contribution in [-0.4, -0.2) is 66.2 Å². The summed E-state index contributed by atoms with van der Waals surface area (Å²) in [7, 11) is 2.98. The third-order valence-electron chi connectivity index (χ3n) is 5.33. The Morgan fingerprint density at radius 2 is 1.66 bits per heavy atom. The lowest BCUT2D eigenvalue weighted by Gasteiger charge is -2.33. The Morgan fingerprint density at radius 1 is 1.06 bits per heavy atom. The fourth-order valence-electron chi connectivity index (χ4n) is 3.59. The third kappa shape index (κ3) is 6.29. The van der Waals surface area contributed by atoms with Crippen molar-refractivity contribution in [2.45, 2.75) is 45.2 Å². The number of hydrogen-bond acceptors (Lipinski definition) is 8. The number of amides is 2. The summed E-state index contributed by atoms with van der Waals surface area (Å²) in [5.41, 5.74) is 2.14. The highest BCUT2D eigenvalue weighted by Gasteiger charge is 2.27. The molecule has 2 N–H and O–H groups in total. The Hall–Kier alpha value is -3.43. The minimum absolute atomic E-state index is 0.00125. The second-order valence-electron chi connectivity index (χ2n) is 7.82. The molecule has 172 valence electrons. The minimum atomic E-state index is -0.620. The Labute approximate surface area is 187 Å². The maximum absolute atomic E-state index is 12.9. The quantitative estimate of drug-likeness (QED) is 0.622. The lowest BCUT2D eigenvalue weighted by Crippen LogP contribution is -2.52. The molecule has 0 bridgehead atoms. The van der Waals surface area contributed by atoms with E-state index in [0.717, 1.165) is 24.0 Å². The molecule has 1 fully saturated rings. The molecule has 1 unspecified atom stereocenters. The summed E-state index contributed by atoms with van der Waals surface area (Å²) < 4.78 is 10.2. The van der Waals surface area contributed by atoms with E-state index >= 15 is 0 Å². The lowest BCUT2D eigenvalue weighted by molar-refractivity contribution is -0.128.